The summed E-state index contributed by atoms with van der Waals surface area (Å²) in [5.74, 6) is 0. The van der Waals surface area contributed by atoms with E-state index in [1.54, 1.807) is 0 Å². The van der Waals surface area contributed by atoms with Crippen LogP contribution in [0, 0.1) is 0 Å². The van der Waals surface area contributed by atoms with E-state index in [0.717, 1.165) is 31.0 Å². The number of nitrogens with one attached hydrogen (secondary N) is 1. The van der Waals surface area contributed by atoms with Crippen LogP contribution in [0.3, 0.4) is 0 Å². The lowest BCUT2D eigenvalue weighted by Crippen LogP contribution is -2.17. The lowest BCUT2D eigenvalue weighted by molar-refractivity contribution is 0.658. The predicted molar refractivity (Wildman–Crippen MR) is 91.2 cm³/mol. The number of hydrogen-bond donors (Lipinski definition) is 2. The van der Waals surface area contributed by atoms with Gasteiger partial charge in [-0.15, -0.1) is 12.6 Å². The van der Waals surface area contributed by atoms with Crippen molar-refractivity contribution in [2.75, 3.05) is 13.1 Å². The van der Waals surface area contributed by atoms with Crippen LogP contribution in [0.15, 0.2) is 53.4 Å². The number of fused-ring (bicyclic) bond motifs is 3. The zero-order valence-corrected chi connectivity index (χ0v) is 12.7. The van der Waals surface area contributed by atoms with Crippen LogP contribution in [-0.4, -0.2) is 17.7 Å². The highest BCUT2D eigenvalue weighted by Crippen LogP contribution is 2.30. The molecule has 106 valence electrons. The molecule has 0 saturated heterocycles. The first kappa shape index (κ1) is 13.0. The third-order valence-corrected chi connectivity index (χ3v) is 4.67. The van der Waals surface area contributed by atoms with Gasteiger partial charge in [0.05, 0.1) is 0 Å². The van der Waals surface area contributed by atoms with E-state index in [0.29, 0.717) is 0 Å². The molecule has 0 atom stereocenters. The smallest absolute Gasteiger partial charge is 0.0489 e. The fourth-order valence-corrected chi connectivity index (χ4v) is 3.49. The molecule has 2 heterocycles. The summed E-state index contributed by atoms with van der Waals surface area (Å²) in [6, 6.07) is 17.4. The molecule has 2 nitrogen and oxygen atoms in total. The quantitative estimate of drug-likeness (QED) is 0.654. The molecule has 1 aliphatic heterocycles. The molecule has 1 aromatic heterocycles. The second kappa shape index (κ2) is 5.24. The number of benzene rings is 2. The van der Waals surface area contributed by atoms with E-state index >= 15 is 0 Å². The van der Waals surface area contributed by atoms with E-state index in [9.17, 15) is 0 Å². The molecule has 0 spiro atoms. The Morgan fingerprint density at radius 2 is 1.90 bits per heavy atom. The van der Waals surface area contributed by atoms with E-state index in [1.165, 1.54) is 27.7 Å². The van der Waals surface area contributed by atoms with Crippen molar-refractivity contribution in [2.24, 2.45) is 0 Å². The van der Waals surface area contributed by atoms with Gasteiger partial charge in [-0.05, 0) is 34.7 Å². The molecule has 2 aromatic carbocycles. The molecule has 1 aliphatic rings. The minimum absolute atomic E-state index is 1.03. The van der Waals surface area contributed by atoms with Crippen molar-refractivity contribution in [3.8, 4) is 11.1 Å². The Morgan fingerprint density at radius 1 is 1.00 bits per heavy atom. The Morgan fingerprint density at radius 3 is 2.81 bits per heavy atom. The summed E-state index contributed by atoms with van der Waals surface area (Å²) in [7, 11) is 0. The van der Waals surface area contributed by atoms with Crippen molar-refractivity contribution in [3.63, 3.8) is 0 Å². The first-order chi connectivity index (χ1) is 10.3. The van der Waals surface area contributed by atoms with Gasteiger partial charge in [0.25, 0.3) is 0 Å². The normalized spacial score (nSPS) is 14.9. The van der Waals surface area contributed by atoms with Crippen LogP contribution in [-0.2, 0) is 13.0 Å². The maximum Gasteiger partial charge on any atom is 0.0489 e. The van der Waals surface area contributed by atoms with Gasteiger partial charge in [0, 0.05) is 42.2 Å². The van der Waals surface area contributed by atoms with Crippen LogP contribution in [0.1, 0.15) is 5.69 Å². The Labute approximate surface area is 130 Å². The lowest BCUT2D eigenvalue weighted by Gasteiger charge is -2.09. The molecule has 0 fully saturated rings. The standard InChI is InChI=1S/C18H18N2S/c21-18-4-2-1-3-16(18)13-5-6-14-11-15-7-8-19-9-10-20(15)17(14)12-13/h1-6,11-12,19,21H,7-10H2. The number of thiol groups is 1. The van der Waals surface area contributed by atoms with Gasteiger partial charge in [-0.1, -0.05) is 30.3 Å². The summed E-state index contributed by atoms with van der Waals surface area (Å²) < 4.78 is 2.46. The summed E-state index contributed by atoms with van der Waals surface area (Å²) in [5.41, 5.74) is 5.21. The van der Waals surface area contributed by atoms with Crippen LogP contribution in [0.25, 0.3) is 22.0 Å². The molecule has 3 aromatic rings. The molecule has 0 saturated carbocycles. The molecular formula is C18H18N2S. The van der Waals surface area contributed by atoms with Gasteiger partial charge >= 0.3 is 0 Å². The van der Waals surface area contributed by atoms with Gasteiger partial charge in [0.15, 0.2) is 0 Å². The lowest BCUT2D eigenvalue weighted by atomic mass is 10.0. The van der Waals surface area contributed by atoms with E-state index < -0.39 is 0 Å². The summed E-state index contributed by atoms with van der Waals surface area (Å²) in [6.07, 6.45) is 1.10. The van der Waals surface area contributed by atoms with Crippen molar-refractivity contribution in [3.05, 3.63) is 54.2 Å². The van der Waals surface area contributed by atoms with Crippen LogP contribution in [0.5, 0.6) is 0 Å². The number of aromatic nitrogens is 1. The summed E-state index contributed by atoms with van der Waals surface area (Å²) >= 11 is 4.59. The van der Waals surface area contributed by atoms with Crippen molar-refractivity contribution >= 4 is 23.5 Å². The van der Waals surface area contributed by atoms with Crippen LogP contribution in [0.4, 0.5) is 0 Å². The van der Waals surface area contributed by atoms with Crippen molar-refractivity contribution in [1.82, 2.24) is 9.88 Å². The Kier molecular flexibility index (Phi) is 3.24. The predicted octanol–water partition coefficient (Wildman–Crippen LogP) is 3.74. The average molecular weight is 294 g/mol. The van der Waals surface area contributed by atoms with Gasteiger partial charge in [0.1, 0.15) is 0 Å². The third kappa shape index (κ3) is 2.27. The van der Waals surface area contributed by atoms with Gasteiger partial charge in [-0.25, -0.2) is 0 Å². The maximum absolute atomic E-state index is 4.59. The topological polar surface area (TPSA) is 17.0 Å². The molecule has 21 heavy (non-hydrogen) atoms. The van der Waals surface area contributed by atoms with Gasteiger partial charge in [-0.3, -0.25) is 0 Å². The van der Waals surface area contributed by atoms with E-state index in [-0.39, 0.29) is 0 Å². The number of nitrogens with zero attached hydrogens (tertiary/aromatic N) is 1. The summed E-state index contributed by atoms with van der Waals surface area (Å²) in [5, 5.41) is 4.81. The van der Waals surface area contributed by atoms with E-state index in [1.807, 2.05) is 12.1 Å². The second-order valence-corrected chi connectivity index (χ2v) is 6.06. The Hall–Kier alpha value is -1.71. The average Bonchev–Trinajstić information content (AvgIpc) is 2.68. The highest BCUT2D eigenvalue weighted by atomic mass is 32.1. The Bertz CT molecular complexity index is 804. The molecule has 0 radical (unpaired) electrons. The highest BCUT2D eigenvalue weighted by Gasteiger charge is 2.12. The summed E-state index contributed by atoms with van der Waals surface area (Å²) in [4.78, 5) is 1.03. The minimum Gasteiger partial charge on any atom is -0.343 e. The molecule has 1 N–H and O–H groups in total. The van der Waals surface area contributed by atoms with Crippen molar-refractivity contribution in [2.45, 2.75) is 17.9 Å². The minimum atomic E-state index is 1.03. The fourth-order valence-electron chi connectivity index (χ4n) is 3.20. The van der Waals surface area contributed by atoms with Crippen LogP contribution < -0.4 is 5.32 Å². The zero-order valence-electron chi connectivity index (χ0n) is 11.8. The van der Waals surface area contributed by atoms with Crippen LogP contribution >= 0.6 is 12.6 Å². The number of rotatable bonds is 1. The molecule has 0 amide bonds. The van der Waals surface area contributed by atoms with E-state index in [4.69, 9.17) is 0 Å². The number of hydrogen-bond acceptors (Lipinski definition) is 2. The van der Waals surface area contributed by atoms with Crippen LogP contribution in [0.2, 0.25) is 0 Å². The SMILES string of the molecule is Sc1ccccc1-c1ccc2cc3n(c2c1)CCNCC3. The molecular weight excluding hydrogens is 276 g/mol. The molecule has 4 rings (SSSR count). The molecule has 0 unspecified atom stereocenters. The second-order valence-electron chi connectivity index (χ2n) is 5.58. The van der Waals surface area contributed by atoms with E-state index in [2.05, 4.69) is 58.9 Å². The maximum atomic E-state index is 4.59. The van der Waals surface area contributed by atoms with Crippen molar-refractivity contribution < 1.29 is 0 Å². The van der Waals surface area contributed by atoms with Crippen molar-refractivity contribution in [1.29, 1.82) is 0 Å². The largest absolute Gasteiger partial charge is 0.343 e. The monoisotopic (exact) mass is 294 g/mol. The van der Waals surface area contributed by atoms with Gasteiger partial charge < -0.3 is 9.88 Å². The first-order valence-corrected chi connectivity index (χ1v) is 7.89. The highest BCUT2D eigenvalue weighted by molar-refractivity contribution is 7.80. The first-order valence-electron chi connectivity index (χ1n) is 7.44. The molecule has 0 aliphatic carbocycles. The van der Waals surface area contributed by atoms with Gasteiger partial charge in [-0.2, -0.15) is 0 Å². The Balaban J connectivity index is 1.90. The fraction of sp³-hybridized carbons (Fsp3) is 0.222. The summed E-state index contributed by atoms with van der Waals surface area (Å²) in [6.45, 7) is 3.16. The van der Waals surface area contributed by atoms with Gasteiger partial charge in [0.2, 0.25) is 0 Å². The molecule has 0 bridgehead atoms. The molecule has 3 heteroatoms. The zero-order chi connectivity index (χ0) is 14.2. The third-order valence-electron chi connectivity index (χ3n) is 4.28.